The molecule has 0 N–H and O–H groups in total. The highest BCUT2D eigenvalue weighted by atomic mass is 19.4. The Hall–Kier alpha value is -2.49. The Balaban J connectivity index is 2.47. The summed E-state index contributed by atoms with van der Waals surface area (Å²) in [5.41, 5.74) is 0.0867. The summed E-state index contributed by atoms with van der Waals surface area (Å²) in [6, 6.07) is 5.06. The first-order valence-corrected chi connectivity index (χ1v) is 5.19. The van der Waals surface area contributed by atoms with Crippen molar-refractivity contribution in [3.8, 4) is 17.5 Å². The van der Waals surface area contributed by atoms with Gasteiger partial charge in [0, 0.05) is 18.1 Å². The summed E-state index contributed by atoms with van der Waals surface area (Å²) < 4.78 is 37.1. The van der Waals surface area contributed by atoms with Gasteiger partial charge in [-0.15, -0.1) is 0 Å². The van der Waals surface area contributed by atoms with Crippen LogP contribution in [0.3, 0.4) is 0 Å². The van der Waals surface area contributed by atoms with Gasteiger partial charge < -0.3 is 0 Å². The highest BCUT2D eigenvalue weighted by Crippen LogP contribution is 2.28. The molecular formula is C12H7F3N4. The summed E-state index contributed by atoms with van der Waals surface area (Å²) in [7, 11) is 0. The van der Waals surface area contributed by atoms with Gasteiger partial charge >= 0.3 is 6.18 Å². The van der Waals surface area contributed by atoms with Crippen molar-refractivity contribution in [2.75, 3.05) is 0 Å². The summed E-state index contributed by atoms with van der Waals surface area (Å²) in [6.07, 6.45) is -3.12. The predicted molar refractivity (Wildman–Crippen MR) is 59.7 cm³/mol. The van der Waals surface area contributed by atoms with Crippen molar-refractivity contribution in [3.63, 3.8) is 0 Å². The number of aromatic nitrogens is 3. The van der Waals surface area contributed by atoms with E-state index in [0.29, 0.717) is 23.7 Å². The second-order valence-electron chi connectivity index (χ2n) is 3.75. The normalized spacial score (nSPS) is 11.1. The molecule has 4 nitrogen and oxygen atoms in total. The number of nitrogens with zero attached hydrogens (tertiary/aromatic N) is 4. The molecule has 19 heavy (non-hydrogen) atoms. The molecule has 0 amide bonds. The Morgan fingerprint density at radius 2 is 1.79 bits per heavy atom. The molecule has 0 aliphatic heterocycles. The molecule has 0 aromatic carbocycles. The zero-order valence-corrected chi connectivity index (χ0v) is 9.73. The van der Waals surface area contributed by atoms with E-state index in [2.05, 4.69) is 15.0 Å². The third kappa shape index (κ3) is 2.68. The van der Waals surface area contributed by atoms with Crippen molar-refractivity contribution in [1.82, 2.24) is 15.0 Å². The van der Waals surface area contributed by atoms with Gasteiger partial charge in [0.05, 0.1) is 11.1 Å². The number of pyridine rings is 1. The van der Waals surface area contributed by atoms with Crippen molar-refractivity contribution >= 4 is 0 Å². The first-order chi connectivity index (χ1) is 8.91. The van der Waals surface area contributed by atoms with Crippen molar-refractivity contribution in [2.24, 2.45) is 0 Å². The molecule has 7 heteroatoms. The zero-order chi connectivity index (χ0) is 14.0. The highest BCUT2D eigenvalue weighted by Gasteiger charge is 2.31. The second-order valence-corrected chi connectivity index (χ2v) is 3.75. The Morgan fingerprint density at radius 1 is 1.16 bits per heavy atom. The minimum atomic E-state index is -4.48. The van der Waals surface area contributed by atoms with Crippen LogP contribution in [-0.2, 0) is 6.18 Å². The molecule has 0 bridgehead atoms. The van der Waals surface area contributed by atoms with E-state index >= 15 is 0 Å². The molecule has 0 spiro atoms. The first-order valence-electron chi connectivity index (χ1n) is 5.19. The summed E-state index contributed by atoms with van der Waals surface area (Å²) in [5.74, 6) is 0.0389. The lowest BCUT2D eigenvalue weighted by Crippen LogP contribution is -2.07. The van der Waals surface area contributed by atoms with Gasteiger partial charge in [-0.05, 0) is 19.1 Å². The van der Waals surface area contributed by atoms with Crippen LogP contribution in [0.5, 0.6) is 0 Å². The molecule has 96 valence electrons. The number of nitriles is 1. The Kier molecular flexibility index (Phi) is 3.17. The van der Waals surface area contributed by atoms with Crippen LogP contribution in [0.15, 0.2) is 24.5 Å². The van der Waals surface area contributed by atoms with Gasteiger partial charge in [-0.2, -0.15) is 18.4 Å². The minimum Gasteiger partial charge on any atom is -0.242 e. The van der Waals surface area contributed by atoms with E-state index in [0.717, 1.165) is 0 Å². The fourth-order valence-corrected chi connectivity index (χ4v) is 1.44. The van der Waals surface area contributed by atoms with Crippen molar-refractivity contribution in [1.29, 1.82) is 5.26 Å². The summed E-state index contributed by atoms with van der Waals surface area (Å²) in [4.78, 5) is 11.2. The van der Waals surface area contributed by atoms with E-state index < -0.39 is 11.7 Å². The van der Waals surface area contributed by atoms with Crippen LogP contribution in [0.2, 0.25) is 0 Å². The number of halogens is 3. The van der Waals surface area contributed by atoms with E-state index in [1.54, 1.807) is 19.1 Å². The molecule has 2 rings (SSSR count). The lowest BCUT2D eigenvalue weighted by atomic mass is 10.1. The van der Waals surface area contributed by atoms with Crippen LogP contribution >= 0.6 is 0 Å². The maximum absolute atomic E-state index is 12.4. The Bertz CT molecular complexity index is 642. The van der Waals surface area contributed by atoms with Crippen LogP contribution in [-0.4, -0.2) is 15.0 Å². The van der Waals surface area contributed by atoms with Gasteiger partial charge in [-0.1, -0.05) is 0 Å². The number of hydrogen-bond acceptors (Lipinski definition) is 4. The summed E-state index contributed by atoms with van der Waals surface area (Å²) in [5, 5.41) is 8.94. The van der Waals surface area contributed by atoms with Crippen LogP contribution in [0, 0.1) is 18.3 Å². The second kappa shape index (κ2) is 4.65. The van der Waals surface area contributed by atoms with Gasteiger partial charge in [0.1, 0.15) is 6.07 Å². The predicted octanol–water partition coefficient (Wildman–Crippen LogP) is 2.74. The lowest BCUT2D eigenvalue weighted by molar-refractivity contribution is -0.138. The van der Waals surface area contributed by atoms with E-state index in [1.807, 2.05) is 6.07 Å². The number of hydrogen-bond donors (Lipinski definition) is 0. The standard InChI is InChI=1S/C12H7F3N4/c1-7-2-3-9(10(4-16)19-7)11-17-5-8(6-18-11)12(13,14)15/h2-3,5-6H,1H3. The van der Waals surface area contributed by atoms with E-state index in [-0.39, 0.29) is 11.5 Å². The van der Waals surface area contributed by atoms with Gasteiger partial charge in [-0.25, -0.2) is 15.0 Å². The maximum atomic E-state index is 12.4. The summed E-state index contributed by atoms with van der Waals surface area (Å²) in [6.45, 7) is 1.71. The van der Waals surface area contributed by atoms with Crippen LogP contribution in [0.4, 0.5) is 13.2 Å². The molecule has 2 aromatic rings. The van der Waals surface area contributed by atoms with Gasteiger partial charge in [0.15, 0.2) is 11.5 Å². The highest BCUT2D eigenvalue weighted by molar-refractivity contribution is 5.61. The molecule has 0 fully saturated rings. The third-order valence-electron chi connectivity index (χ3n) is 2.36. The molecule has 2 aromatic heterocycles. The molecule has 0 atom stereocenters. The van der Waals surface area contributed by atoms with E-state index in [1.165, 1.54) is 0 Å². The van der Waals surface area contributed by atoms with Crippen molar-refractivity contribution < 1.29 is 13.2 Å². The van der Waals surface area contributed by atoms with E-state index in [4.69, 9.17) is 5.26 Å². The van der Waals surface area contributed by atoms with E-state index in [9.17, 15) is 13.2 Å². The molecule has 0 saturated carbocycles. The molecule has 0 aliphatic carbocycles. The average molecular weight is 264 g/mol. The molecule has 0 radical (unpaired) electrons. The van der Waals surface area contributed by atoms with Crippen molar-refractivity contribution in [3.05, 3.63) is 41.5 Å². The zero-order valence-electron chi connectivity index (χ0n) is 9.73. The molecule has 0 aliphatic rings. The largest absolute Gasteiger partial charge is 0.419 e. The fraction of sp³-hybridized carbons (Fsp3) is 0.167. The third-order valence-corrected chi connectivity index (χ3v) is 2.36. The van der Waals surface area contributed by atoms with Crippen LogP contribution in [0.1, 0.15) is 17.0 Å². The molecule has 2 heterocycles. The molecular weight excluding hydrogens is 257 g/mol. The maximum Gasteiger partial charge on any atom is 0.419 e. The summed E-state index contributed by atoms with van der Waals surface area (Å²) >= 11 is 0. The quantitative estimate of drug-likeness (QED) is 0.794. The minimum absolute atomic E-state index is 0.0389. The molecule has 0 unspecified atom stereocenters. The van der Waals surface area contributed by atoms with Crippen molar-refractivity contribution in [2.45, 2.75) is 13.1 Å². The first kappa shape index (κ1) is 13.0. The lowest BCUT2D eigenvalue weighted by Gasteiger charge is -2.07. The van der Waals surface area contributed by atoms with Gasteiger partial charge in [0.25, 0.3) is 0 Å². The molecule has 0 saturated heterocycles. The Morgan fingerprint density at radius 3 is 2.32 bits per heavy atom. The van der Waals surface area contributed by atoms with Gasteiger partial charge in [-0.3, -0.25) is 0 Å². The Labute approximate surface area is 106 Å². The topological polar surface area (TPSA) is 62.5 Å². The number of rotatable bonds is 1. The van der Waals surface area contributed by atoms with Crippen LogP contribution in [0.25, 0.3) is 11.4 Å². The van der Waals surface area contributed by atoms with Crippen LogP contribution < -0.4 is 0 Å². The monoisotopic (exact) mass is 264 g/mol. The fourth-order valence-electron chi connectivity index (χ4n) is 1.44. The average Bonchev–Trinajstić information content (AvgIpc) is 2.37. The number of aryl methyl sites for hydroxylation is 1. The number of alkyl halides is 3. The van der Waals surface area contributed by atoms with Gasteiger partial charge in [0.2, 0.25) is 0 Å². The SMILES string of the molecule is Cc1ccc(-c2ncc(C(F)(F)F)cn2)c(C#N)n1. The smallest absolute Gasteiger partial charge is 0.242 e.